The lowest BCUT2D eigenvalue weighted by molar-refractivity contribution is -0.138. The lowest BCUT2D eigenvalue weighted by atomic mass is 10.3. The molecule has 1 N–H and O–H groups in total. The summed E-state index contributed by atoms with van der Waals surface area (Å²) in [6.45, 7) is 2.75. The van der Waals surface area contributed by atoms with Crippen LogP contribution in [0.5, 0.6) is 0 Å². The largest absolute Gasteiger partial charge is 0.480 e. The van der Waals surface area contributed by atoms with Crippen molar-refractivity contribution in [2.75, 3.05) is 46.1 Å². The number of pyridine rings is 1. The Hall–Kier alpha value is -2.19. The second-order valence-electron chi connectivity index (χ2n) is 4.60. The minimum atomic E-state index is -0.887. The summed E-state index contributed by atoms with van der Waals surface area (Å²) in [5, 5.41) is 12.3. The quantitative estimate of drug-likeness (QED) is 0.253. The fourth-order valence-electron chi connectivity index (χ4n) is 1.79. The van der Waals surface area contributed by atoms with Gasteiger partial charge in [-0.3, -0.25) is 14.7 Å². The first-order valence-corrected chi connectivity index (χ1v) is 7.22. The zero-order valence-corrected chi connectivity index (χ0v) is 12.9. The van der Waals surface area contributed by atoms with Gasteiger partial charge in [0.05, 0.1) is 38.7 Å². The van der Waals surface area contributed by atoms with Crippen LogP contribution in [0.2, 0.25) is 0 Å². The van der Waals surface area contributed by atoms with Gasteiger partial charge in [-0.15, -0.1) is 0 Å². The third kappa shape index (κ3) is 10.2. The smallest absolute Gasteiger partial charge is 0.317 e. The van der Waals surface area contributed by atoms with Crippen LogP contribution in [0, 0.1) is 0 Å². The highest BCUT2D eigenvalue weighted by atomic mass is 16.5. The van der Waals surface area contributed by atoms with E-state index < -0.39 is 5.97 Å². The Morgan fingerprint density at radius 1 is 1.30 bits per heavy atom. The van der Waals surface area contributed by atoms with Crippen LogP contribution in [0.15, 0.2) is 29.5 Å². The van der Waals surface area contributed by atoms with E-state index in [9.17, 15) is 4.79 Å². The normalized spacial score (nSPS) is 10.5. The van der Waals surface area contributed by atoms with Gasteiger partial charge in [0.2, 0.25) is 0 Å². The molecule has 0 unspecified atom stereocenters. The maximum absolute atomic E-state index is 10.9. The second-order valence-corrected chi connectivity index (χ2v) is 4.60. The van der Waals surface area contributed by atoms with Gasteiger partial charge in [-0.1, -0.05) is 11.2 Å². The van der Waals surface area contributed by atoms with Gasteiger partial charge in [0.25, 0.3) is 0 Å². The highest BCUT2D eigenvalue weighted by molar-refractivity contribution is 5.69. The molecule has 0 aliphatic heterocycles. The zero-order chi connectivity index (χ0) is 16.8. The standard InChI is InChI=1S/C14H21N5O4/c15-18-17-5-7-22-9-10-23-8-6-19(12-14(20)21)11-13-3-1-2-4-16-13/h1-4H,5-12H2,(H,20,21). The lowest BCUT2D eigenvalue weighted by Crippen LogP contribution is -2.32. The van der Waals surface area contributed by atoms with Crippen LogP contribution >= 0.6 is 0 Å². The first kappa shape index (κ1) is 18.9. The van der Waals surface area contributed by atoms with Crippen molar-refractivity contribution in [3.8, 4) is 0 Å². The van der Waals surface area contributed by atoms with Crippen molar-refractivity contribution in [3.63, 3.8) is 0 Å². The van der Waals surface area contributed by atoms with E-state index in [2.05, 4.69) is 15.0 Å². The number of aliphatic carboxylic acids is 1. The molecular weight excluding hydrogens is 302 g/mol. The summed E-state index contributed by atoms with van der Waals surface area (Å²) in [6, 6.07) is 5.54. The summed E-state index contributed by atoms with van der Waals surface area (Å²) in [5.74, 6) is -0.887. The maximum Gasteiger partial charge on any atom is 0.317 e. The lowest BCUT2D eigenvalue weighted by Gasteiger charge is -2.19. The Labute approximate surface area is 134 Å². The summed E-state index contributed by atoms with van der Waals surface area (Å²) in [4.78, 5) is 19.5. The zero-order valence-electron chi connectivity index (χ0n) is 12.9. The van der Waals surface area contributed by atoms with Crippen molar-refractivity contribution in [3.05, 3.63) is 40.5 Å². The third-order valence-corrected chi connectivity index (χ3v) is 2.79. The number of aromatic nitrogens is 1. The number of azide groups is 1. The molecule has 0 amide bonds. The van der Waals surface area contributed by atoms with Gasteiger partial charge in [0, 0.05) is 30.7 Å². The Bertz CT molecular complexity index is 493. The number of nitrogens with zero attached hydrogens (tertiary/aromatic N) is 5. The fraction of sp³-hybridized carbons (Fsp3) is 0.571. The van der Waals surface area contributed by atoms with Gasteiger partial charge >= 0.3 is 5.97 Å². The second kappa shape index (κ2) is 12.4. The molecular formula is C14H21N5O4. The molecule has 23 heavy (non-hydrogen) atoms. The van der Waals surface area contributed by atoms with Crippen LogP contribution in [0.25, 0.3) is 10.4 Å². The number of hydrogen-bond donors (Lipinski definition) is 1. The summed E-state index contributed by atoms with van der Waals surface area (Å²) >= 11 is 0. The van der Waals surface area contributed by atoms with Crippen molar-refractivity contribution in [2.45, 2.75) is 6.54 Å². The first-order valence-electron chi connectivity index (χ1n) is 7.22. The predicted octanol–water partition coefficient (Wildman–Crippen LogP) is 1.31. The summed E-state index contributed by atoms with van der Waals surface area (Å²) in [5.41, 5.74) is 8.90. The van der Waals surface area contributed by atoms with Gasteiger partial charge in [0.1, 0.15) is 0 Å². The Balaban J connectivity index is 2.18. The van der Waals surface area contributed by atoms with E-state index in [0.717, 1.165) is 5.69 Å². The number of carbonyl (C=O) groups is 1. The Kier molecular flexibility index (Phi) is 10.1. The molecule has 0 radical (unpaired) electrons. The van der Waals surface area contributed by atoms with Gasteiger partial charge in [-0.25, -0.2) is 0 Å². The van der Waals surface area contributed by atoms with Crippen LogP contribution in [-0.2, 0) is 20.8 Å². The monoisotopic (exact) mass is 323 g/mol. The number of ether oxygens (including phenoxy) is 2. The molecule has 0 saturated carbocycles. The van der Waals surface area contributed by atoms with Crippen LogP contribution in [0.1, 0.15) is 5.69 Å². The molecule has 0 spiro atoms. The van der Waals surface area contributed by atoms with E-state index in [0.29, 0.717) is 46.1 Å². The van der Waals surface area contributed by atoms with Crippen LogP contribution in [0.4, 0.5) is 0 Å². The highest BCUT2D eigenvalue weighted by Gasteiger charge is 2.10. The Morgan fingerprint density at radius 2 is 2.09 bits per heavy atom. The van der Waals surface area contributed by atoms with Gasteiger partial charge in [0.15, 0.2) is 0 Å². The molecule has 0 atom stereocenters. The van der Waals surface area contributed by atoms with Crippen LogP contribution in [-0.4, -0.2) is 67.0 Å². The molecule has 1 heterocycles. The number of carboxylic acid groups (broad SMARTS) is 1. The van der Waals surface area contributed by atoms with Crippen molar-refractivity contribution in [1.82, 2.24) is 9.88 Å². The highest BCUT2D eigenvalue weighted by Crippen LogP contribution is 2.01. The maximum atomic E-state index is 10.9. The fourth-order valence-corrected chi connectivity index (χ4v) is 1.79. The SMILES string of the molecule is [N-]=[N+]=NCCOCCOCCN(CC(=O)O)Cc1ccccn1. The molecule has 126 valence electrons. The van der Waals surface area contributed by atoms with Crippen molar-refractivity contribution < 1.29 is 19.4 Å². The molecule has 9 heteroatoms. The molecule has 1 aromatic rings. The van der Waals surface area contributed by atoms with Crippen molar-refractivity contribution in [2.24, 2.45) is 5.11 Å². The summed E-state index contributed by atoms with van der Waals surface area (Å²) < 4.78 is 10.6. The molecule has 0 aliphatic rings. The van der Waals surface area contributed by atoms with E-state index in [1.54, 1.807) is 11.1 Å². The van der Waals surface area contributed by atoms with Crippen molar-refractivity contribution in [1.29, 1.82) is 0 Å². The van der Waals surface area contributed by atoms with E-state index in [-0.39, 0.29) is 6.54 Å². The molecule has 9 nitrogen and oxygen atoms in total. The topological polar surface area (TPSA) is 121 Å². The average Bonchev–Trinajstić information content (AvgIpc) is 2.53. The van der Waals surface area contributed by atoms with E-state index >= 15 is 0 Å². The number of hydrogen-bond acceptors (Lipinski definition) is 6. The van der Waals surface area contributed by atoms with E-state index in [1.807, 2.05) is 18.2 Å². The number of rotatable bonds is 13. The van der Waals surface area contributed by atoms with Gasteiger partial charge < -0.3 is 14.6 Å². The van der Waals surface area contributed by atoms with Gasteiger partial charge in [-0.05, 0) is 17.7 Å². The molecule has 0 bridgehead atoms. The predicted molar refractivity (Wildman–Crippen MR) is 82.8 cm³/mol. The third-order valence-electron chi connectivity index (χ3n) is 2.79. The minimum absolute atomic E-state index is 0.0669. The molecule has 0 aliphatic carbocycles. The average molecular weight is 323 g/mol. The summed E-state index contributed by atoms with van der Waals surface area (Å²) in [7, 11) is 0. The van der Waals surface area contributed by atoms with Gasteiger partial charge in [-0.2, -0.15) is 0 Å². The molecule has 0 fully saturated rings. The van der Waals surface area contributed by atoms with Crippen LogP contribution < -0.4 is 0 Å². The minimum Gasteiger partial charge on any atom is -0.480 e. The molecule has 0 aromatic carbocycles. The van der Waals surface area contributed by atoms with Crippen LogP contribution in [0.3, 0.4) is 0 Å². The molecule has 0 saturated heterocycles. The van der Waals surface area contributed by atoms with E-state index in [4.69, 9.17) is 20.1 Å². The van der Waals surface area contributed by atoms with E-state index in [1.165, 1.54) is 0 Å². The molecule has 1 aromatic heterocycles. The van der Waals surface area contributed by atoms with Crippen molar-refractivity contribution >= 4 is 5.97 Å². The first-order chi connectivity index (χ1) is 11.2. The Morgan fingerprint density at radius 3 is 2.74 bits per heavy atom. The summed E-state index contributed by atoms with van der Waals surface area (Å²) in [6.07, 6.45) is 1.68. The number of carboxylic acids is 1. The molecule has 1 rings (SSSR count).